The first-order chi connectivity index (χ1) is 10.3. The lowest BCUT2D eigenvalue weighted by molar-refractivity contribution is -0.134. The molecule has 2 saturated carbocycles. The van der Waals surface area contributed by atoms with Gasteiger partial charge in [-0.3, -0.25) is 4.79 Å². The minimum Gasteiger partial charge on any atom is -0.444 e. The van der Waals surface area contributed by atoms with Crippen LogP contribution in [0.5, 0.6) is 0 Å². The Labute approximate surface area is 132 Å². The molecule has 0 radical (unpaired) electrons. The molecule has 0 aromatic carbocycles. The molecule has 2 aliphatic carbocycles. The first kappa shape index (κ1) is 17.1. The van der Waals surface area contributed by atoms with Crippen molar-refractivity contribution < 1.29 is 14.3 Å². The highest BCUT2D eigenvalue weighted by atomic mass is 16.6. The molecule has 0 saturated heterocycles. The first-order valence-electron chi connectivity index (χ1n) is 8.32. The standard InChI is InChI=1S/C16H29N3O3/c1-16(2,3)22-15(21)18-12-6-4-5-7-13(12)19(11-8-9-11)14(20)10-17/h11-13H,4-10,17H2,1-3H3,(H,18,21)/t12-,13-/m1/s1. The highest BCUT2D eigenvalue weighted by molar-refractivity contribution is 5.79. The van der Waals surface area contributed by atoms with Crippen LogP contribution in [0.15, 0.2) is 0 Å². The highest BCUT2D eigenvalue weighted by Crippen LogP contribution is 2.34. The summed E-state index contributed by atoms with van der Waals surface area (Å²) in [4.78, 5) is 26.2. The van der Waals surface area contributed by atoms with Gasteiger partial charge in [-0.15, -0.1) is 0 Å². The van der Waals surface area contributed by atoms with Gasteiger partial charge < -0.3 is 20.7 Å². The summed E-state index contributed by atoms with van der Waals surface area (Å²) in [6.45, 7) is 5.57. The number of hydrogen-bond acceptors (Lipinski definition) is 4. The predicted molar refractivity (Wildman–Crippen MR) is 84.3 cm³/mol. The fraction of sp³-hybridized carbons (Fsp3) is 0.875. The molecule has 3 N–H and O–H groups in total. The summed E-state index contributed by atoms with van der Waals surface area (Å²) in [5.41, 5.74) is 5.06. The summed E-state index contributed by atoms with van der Waals surface area (Å²) in [5.74, 6) is -0.00890. The summed E-state index contributed by atoms with van der Waals surface area (Å²) in [5, 5.41) is 2.97. The Morgan fingerprint density at radius 2 is 1.82 bits per heavy atom. The summed E-state index contributed by atoms with van der Waals surface area (Å²) in [6.07, 6.45) is 5.63. The van der Waals surface area contributed by atoms with Gasteiger partial charge in [-0.05, 0) is 46.5 Å². The van der Waals surface area contributed by atoms with Crippen LogP contribution in [0.4, 0.5) is 4.79 Å². The molecule has 0 spiro atoms. The van der Waals surface area contributed by atoms with Crippen LogP contribution in [-0.4, -0.2) is 47.2 Å². The molecule has 126 valence electrons. The van der Waals surface area contributed by atoms with E-state index in [9.17, 15) is 9.59 Å². The van der Waals surface area contributed by atoms with Gasteiger partial charge in [-0.2, -0.15) is 0 Å². The molecule has 0 aromatic heterocycles. The smallest absolute Gasteiger partial charge is 0.407 e. The number of carbonyl (C=O) groups excluding carboxylic acids is 2. The lowest BCUT2D eigenvalue weighted by Gasteiger charge is -2.40. The zero-order valence-corrected chi connectivity index (χ0v) is 13.9. The van der Waals surface area contributed by atoms with Crippen LogP contribution in [0, 0.1) is 0 Å². The number of ether oxygens (including phenoxy) is 1. The number of carbonyl (C=O) groups is 2. The molecule has 0 heterocycles. The van der Waals surface area contributed by atoms with E-state index in [0.717, 1.165) is 38.5 Å². The third-order valence-electron chi connectivity index (χ3n) is 4.19. The minimum atomic E-state index is -0.516. The molecule has 6 heteroatoms. The normalized spacial score (nSPS) is 25.5. The Bertz CT molecular complexity index is 415. The van der Waals surface area contributed by atoms with Crippen LogP contribution in [-0.2, 0) is 9.53 Å². The van der Waals surface area contributed by atoms with Gasteiger partial charge in [0, 0.05) is 6.04 Å². The average Bonchev–Trinajstić information content (AvgIpc) is 3.23. The van der Waals surface area contributed by atoms with E-state index in [1.165, 1.54) is 0 Å². The minimum absolute atomic E-state index is 0.00890. The number of nitrogens with one attached hydrogen (secondary N) is 1. The molecular weight excluding hydrogens is 282 g/mol. The van der Waals surface area contributed by atoms with Crippen molar-refractivity contribution in [3.8, 4) is 0 Å². The first-order valence-corrected chi connectivity index (χ1v) is 8.32. The number of rotatable bonds is 4. The Kier molecular flexibility index (Phi) is 5.32. The van der Waals surface area contributed by atoms with Crippen LogP contribution in [0.1, 0.15) is 59.3 Å². The predicted octanol–water partition coefficient (Wildman–Crippen LogP) is 1.77. The Balaban J connectivity index is 2.03. The molecule has 22 heavy (non-hydrogen) atoms. The number of hydrogen-bond donors (Lipinski definition) is 2. The van der Waals surface area contributed by atoms with E-state index in [-0.39, 0.29) is 24.5 Å². The van der Waals surface area contributed by atoms with Gasteiger partial charge in [0.15, 0.2) is 0 Å². The molecule has 0 aromatic rings. The second kappa shape index (κ2) is 6.86. The van der Waals surface area contributed by atoms with Crippen molar-refractivity contribution in [1.29, 1.82) is 0 Å². The van der Waals surface area contributed by atoms with E-state index in [1.54, 1.807) is 0 Å². The second-order valence-corrected chi connectivity index (χ2v) is 7.34. The van der Waals surface area contributed by atoms with Gasteiger partial charge in [-0.25, -0.2) is 4.79 Å². The Morgan fingerprint density at radius 3 is 2.36 bits per heavy atom. The van der Waals surface area contributed by atoms with E-state index in [1.807, 2.05) is 25.7 Å². The molecule has 2 rings (SSSR count). The Hall–Kier alpha value is -1.30. The summed E-state index contributed by atoms with van der Waals surface area (Å²) < 4.78 is 5.35. The zero-order chi connectivity index (χ0) is 16.3. The van der Waals surface area contributed by atoms with E-state index in [0.29, 0.717) is 6.04 Å². The van der Waals surface area contributed by atoms with Crippen molar-refractivity contribution in [3.05, 3.63) is 0 Å². The van der Waals surface area contributed by atoms with E-state index in [4.69, 9.17) is 10.5 Å². The third-order valence-corrected chi connectivity index (χ3v) is 4.19. The largest absolute Gasteiger partial charge is 0.444 e. The van der Waals surface area contributed by atoms with E-state index in [2.05, 4.69) is 5.32 Å². The van der Waals surface area contributed by atoms with E-state index >= 15 is 0 Å². The number of nitrogens with two attached hydrogens (primary N) is 1. The quantitative estimate of drug-likeness (QED) is 0.828. The lowest BCUT2D eigenvalue weighted by Crippen LogP contribution is -2.57. The fourth-order valence-electron chi connectivity index (χ4n) is 3.19. The molecule has 2 amide bonds. The van der Waals surface area contributed by atoms with Crippen LogP contribution in [0.2, 0.25) is 0 Å². The average molecular weight is 311 g/mol. The van der Waals surface area contributed by atoms with Crippen LogP contribution < -0.4 is 11.1 Å². The van der Waals surface area contributed by atoms with Gasteiger partial charge in [0.1, 0.15) is 5.60 Å². The molecule has 6 nitrogen and oxygen atoms in total. The van der Waals surface area contributed by atoms with E-state index < -0.39 is 11.7 Å². The van der Waals surface area contributed by atoms with Crippen molar-refractivity contribution in [2.24, 2.45) is 5.73 Å². The summed E-state index contributed by atoms with van der Waals surface area (Å²) in [6, 6.07) is 0.312. The summed E-state index contributed by atoms with van der Waals surface area (Å²) >= 11 is 0. The highest BCUT2D eigenvalue weighted by Gasteiger charge is 2.41. The van der Waals surface area contributed by atoms with Gasteiger partial charge in [-0.1, -0.05) is 12.8 Å². The van der Waals surface area contributed by atoms with Crippen molar-refractivity contribution in [3.63, 3.8) is 0 Å². The van der Waals surface area contributed by atoms with Gasteiger partial charge in [0.2, 0.25) is 5.91 Å². The van der Waals surface area contributed by atoms with Gasteiger partial charge in [0.25, 0.3) is 0 Å². The SMILES string of the molecule is CC(C)(C)OC(=O)N[C@@H]1CCCC[C@H]1N(C(=O)CN)C1CC1. The maximum absolute atomic E-state index is 12.2. The monoisotopic (exact) mass is 311 g/mol. The van der Waals surface area contributed by atoms with Crippen molar-refractivity contribution in [1.82, 2.24) is 10.2 Å². The molecule has 0 aliphatic heterocycles. The lowest BCUT2D eigenvalue weighted by atomic mass is 9.89. The number of alkyl carbamates (subject to hydrolysis) is 1. The molecule has 2 fully saturated rings. The molecule has 2 aliphatic rings. The molecular formula is C16H29N3O3. The molecule has 0 unspecified atom stereocenters. The molecule has 2 atom stereocenters. The third kappa shape index (κ3) is 4.60. The topological polar surface area (TPSA) is 84.7 Å². The maximum atomic E-state index is 12.2. The van der Waals surface area contributed by atoms with Gasteiger partial charge >= 0.3 is 6.09 Å². The number of nitrogens with zero attached hydrogens (tertiary/aromatic N) is 1. The molecule has 0 bridgehead atoms. The van der Waals surface area contributed by atoms with Gasteiger partial charge in [0.05, 0.1) is 18.6 Å². The second-order valence-electron chi connectivity index (χ2n) is 7.34. The maximum Gasteiger partial charge on any atom is 0.407 e. The zero-order valence-electron chi connectivity index (χ0n) is 13.9. The Morgan fingerprint density at radius 1 is 1.18 bits per heavy atom. The number of amides is 2. The van der Waals surface area contributed by atoms with Crippen molar-refractivity contribution in [2.45, 2.75) is 83.0 Å². The summed E-state index contributed by atoms with van der Waals surface area (Å²) in [7, 11) is 0. The van der Waals surface area contributed by atoms with Crippen LogP contribution in [0.25, 0.3) is 0 Å². The van der Waals surface area contributed by atoms with Crippen molar-refractivity contribution in [2.75, 3.05) is 6.54 Å². The van der Waals surface area contributed by atoms with Crippen LogP contribution in [0.3, 0.4) is 0 Å². The van der Waals surface area contributed by atoms with Crippen molar-refractivity contribution >= 4 is 12.0 Å². The van der Waals surface area contributed by atoms with Crippen LogP contribution >= 0.6 is 0 Å². The fourth-order valence-corrected chi connectivity index (χ4v) is 3.19.